The third kappa shape index (κ3) is 4.51. The number of benzene rings is 2. The predicted molar refractivity (Wildman–Crippen MR) is 88.0 cm³/mol. The average molecular weight is 355 g/mol. The molecular formula is C15H15ClN2O4S. The Kier molecular flexibility index (Phi) is 5.70. The van der Waals surface area contributed by atoms with Crippen LogP contribution in [-0.2, 0) is 23.0 Å². The van der Waals surface area contributed by atoms with E-state index in [2.05, 4.69) is 4.72 Å². The van der Waals surface area contributed by atoms with Crippen LogP contribution >= 0.6 is 11.6 Å². The number of sulfonamides is 1. The molecule has 2 aromatic carbocycles. The van der Waals surface area contributed by atoms with E-state index in [1.807, 2.05) is 6.07 Å². The van der Waals surface area contributed by atoms with Gasteiger partial charge in [0.2, 0.25) is 10.0 Å². The van der Waals surface area contributed by atoms with Crippen molar-refractivity contribution >= 4 is 27.3 Å². The number of alkyl halides is 1. The Morgan fingerprint density at radius 1 is 1.13 bits per heavy atom. The second-order valence-electron chi connectivity index (χ2n) is 4.80. The highest BCUT2D eigenvalue weighted by molar-refractivity contribution is 7.89. The Labute approximate surface area is 139 Å². The van der Waals surface area contributed by atoms with Gasteiger partial charge in [0, 0.05) is 24.1 Å². The van der Waals surface area contributed by atoms with Gasteiger partial charge in [0.1, 0.15) is 0 Å². The number of nitrogens with one attached hydrogen (secondary N) is 1. The highest BCUT2D eigenvalue weighted by atomic mass is 35.5. The van der Waals surface area contributed by atoms with E-state index in [0.29, 0.717) is 12.0 Å². The molecule has 0 heterocycles. The zero-order chi connectivity index (χ0) is 16.9. The third-order valence-electron chi connectivity index (χ3n) is 3.24. The lowest BCUT2D eigenvalue weighted by molar-refractivity contribution is -0.385. The van der Waals surface area contributed by atoms with E-state index in [-0.39, 0.29) is 23.0 Å². The molecule has 0 saturated heterocycles. The van der Waals surface area contributed by atoms with Crippen molar-refractivity contribution in [2.45, 2.75) is 17.9 Å². The van der Waals surface area contributed by atoms with E-state index in [0.717, 1.165) is 11.6 Å². The smallest absolute Gasteiger partial charge is 0.258 e. The van der Waals surface area contributed by atoms with Crippen LogP contribution < -0.4 is 4.72 Å². The maximum absolute atomic E-state index is 12.3. The Hall–Kier alpha value is -1.96. The minimum atomic E-state index is -3.83. The summed E-state index contributed by atoms with van der Waals surface area (Å²) in [5, 5.41) is 11.1. The molecule has 1 N–H and O–H groups in total. The van der Waals surface area contributed by atoms with Gasteiger partial charge in [-0.1, -0.05) is 36.4 Å². The zero-order valence-corrected chi connectivity index (χ0v) is 13.7. The van der Waals surface area contributed by atoms with Crippen molar-refractivity contribution in [3.8, 4) is 0 Å². The van der Waals surface area contributed by atoms with Gasteiger partial charge in [-0.25, -0.2) is 13.1 Å². The molecule has 0 spiro atoms. The molecule has 0 aromatic heterocycles. The van der Waals surface area contributed by atoms with E-state index in [1.165, 1.54) is 12.1 Å². The average Bonchev–Trinajstić information content (AvgIpc) is 2.54. The summed E-state index contributed by atoms with van der Waals surface area (Å²) in [7, 11) is -3.83. The number of hydrogen-bond donors (Lipinski definition) is 1. The van der Waals surface area contributed by atoms with Crippen LogP contribution in [0.1, 0.15) is 11.1 Å². The van der Waals surface area contributed by atoms with Crippen LogP contribution in [0.15, 0.2) is 53.4 Å². The van der Waals surface area contributed by atoms with Gasteiger partial charge in [-0.15, -0.1) is 11.6 Å². The molecule has 0 radical (unpaired) electrons. The SMILES string of the molecule is O=[N+]([O-])c1cc(S(=O)(=O)NCc2ccccc2)ccc1CCCl. The van der Waals surface area contributed by atoms with Crippen LogP contribution in [-0.4, -0.2) is 19.2 Å². The molecule has 2 rings (SSSR count). The van der Waals surface area contributed by atoms with Gasteiger partial charge < -0.3 is 0 Å². The third-order valence-corrected chi connectivity index (χ3v) is 4.82. The fourth-order valence-corrected chi connectivity index (χ4v) is 3.29. The van der Waals surface area contributed by atoms with Gasteiger partial charge in [0.15, 0.2) is 0 Å². The summed E-state index contributed by atoms with van der Waals surface area (Å²) < 4.78 is 27.0. The molecule has 0 atom stereocenters. The molecule has 2 aromatic rings. The molecule has 0 unspecified atom stereocenters. The van der Waals surface area contributed by atoms with E-state index in [4.69, 9.17) is 11.6 Å². The lowest BCUT2D eigenvalue weighted by Crippen LogP contribution is -2.23. The minimum Gasteiger partial charge on any atom is -0.258 e. The number of nitro groups is 1. The first-order chi connectivity index (χ1) is 10.9. The fourth-order valence-electron chi connectivity index (χ4n) is 2.05. The lowest BCUT2D eigenvalue weighted by Gasteiger charge is -2.08. The molecule has 0 amide bonds. The van der Waals surface area contributed by atoms with Crippen molar-refractivity contribution in [2.24, 2.45) is 0 Å². The van der Waals surface area contributed by atoms with Crippen molar-refractivity contribution in [1.29, 1.82) is 0 Å². The number of nitro benzene ring substituents is 1. The van der Waals surface area contributed by atoms with Crippen molar-refractivity contribution in [3.63, 3.8) is 0 Å². The van der Waals surface area contributed by atoms with E-state index < -0.39 is 14.9 Å². The summed E-state index contributed by atoms with van der Waals surface area (Å²) in [5.74, 6) is 0.221. The Morgan fingerprint density at radius 2 is 1.83 bits per heavy atom. The second kappa shape index (κ2) is 7.54. The normalized spacial score (nSPS) is 11.3. The minimum absolute atomic E-state index is 0.112. The lowest BCUT2D eigenvalue weighted by atomic mass is 10.1. The van der Waals surface area contributed by atoms with Crippen LogP contribution in [0.3, 0.4) is 0 Å². The molecule has 0 fully saturated rings. The van der Waals surface area contributed by atoms with Crippen LogP contribution in [0.2, 0.25) is 0 Å². The van der Waals surface area contributed by atoms with Gasteiger partial charge in [0.05, 0.1) is 9.82 Å². The first kappa shape index (κ1) is 17.4. The number of nitrogens with zero attached hydrogens (tertiary/aromatic N) is 1. The first-order valence-electron chi connectivity index (χ1n) is 6.81. The maximum Gasteiger partial charge on any atom is 0.273 e. The van der Waals surface area contributed by atoms with Crippen molar-refractivity contribution in [1.82, 2.24) is 4.72 Å². The summed E-state index contributed by atoms with van der Waals surface area (Å²) in [5.41, 5.74) is 0.963. The standard InChI is InChI=1S/C15H15ClN2O4S/c16-9-8-13-6-7-14(10-15(13)18(19)20)23(21,22)17-11-12-4-2-1-3-5-12/h1-7,10,17H,8-9,11H2. The zero-order valence-electron chi connectivity index (χ0n) is 12.1. The number of hydrogen-bond acceptors (Lipinski definition) is 4. The summed E-state index contributed by atoms with van der Waals surface area (Å²) in [4.78, 5) is 10.4. The molecule has 0 saturated carbocycles. The second-order valence-corrected chi connectivity index (χ2v) is 6.94. The molecule has 0 aliphatic rings. The molecule has 0 bridgehead atoms. The highest BCUT2D eigenvalue weighted by Crippen LogP contribution is 2.24. The molecule has 122 valence electrons. The molecule has 8 heteroatoms. The Morgan fingerprint density at radius 3 is 2.43 bits per heavy atom. The maximum atomic E-state index is 12.3. The summed E-state index contributed by atoms with van der Waals surface area (Å²) >= 11 is 5.61. The number of halogens is 1. The monoisotopic (exact) mass is 354 g/mol. The number of rotatable bonds is 7. The fraction of sp³-hybridized carbons (Fsp3) is 0.200. The highest BCUT2D eigenvalue weighted by Gasteiger charge is 2.20. The molecular weight excluding hydrogens is 340 g/mol. The van der Waals surface area contributed by atoms with Crippen LogP contribution in [0.5, 0.6) is 0 Å². The van der Waals surface area contributed by atoms with Crippen LogP contribution in [0, 0.1) is 10.1 Å². The molecule has 23 heavy (non-hydrogen) atoms. The molecule has 6 nitrogen and oxygen atoms in total. The summed E-state index contributed by atoms with van der Waals surface area (Å²) in [6, 6.07) is 12.8. The van der Waals surface area contributed by atoms with Gasteiger partial charge in [-0.05, 0) is 18.1 Å². The predicted octanol–water partition coefficient (Wildman–Crippen LogP) is 2.85. The Balaban J connectivity index is 2.25. The van der Waals surface area contributed by atoms with E-state index >= 15 is 0 Å². The van der Waals surface area contributed by atoms with Gasteiger partial charge >= 0.3 is 0 Å². The molecule has 0 aliphatic carbocycles. The van der Waals surface area contributed by atoms with Gasteiger partial charge in [-0.2, -0.15) is 0 Å². The summed E-state index contributed by atoms with van der Waals surface area (Å²) in [6.45, 7) is 0.112. The molecule has 0 aliphatic heterocycles. The van der Waals surface area contributed by atoms with Gasteiger partial charge in [0.25, 0.3) is 5.69 Å². The van der Waals surface area contributed by atoms with Gasteiger partial charge in [-0.3, -0.25) is 10.1 Å². The summed E-state index contributed by atoms with van der Waals surface area (Å²) in [6.07, 6.45) is 0.301. The van der Waals surface area contributed by atoms with Crippen LogP contribution in [0.4, 0.5) is 5.69 Å². The van der Waals surface area contributed by atoms with E-state index in [1.54, 1.807) is 24.3 Å². The first-order valence-corrected chi connectivity index (χ1v) is 8.82. The van der Waals surface area contributed by atoms with Crippen molar-refractivity contribution in [3.05, 3.63) is 69.8 Å². The topological polar surface area (TPSA) is 89.3 Å². The van der Waals surface area contributed by atoms with Crippen molar-refractivity contribution < 1.29 is 13.3 Å². The Bertz CT molecular complexity index is 794. The number of aryl methyl sites for hydroxylation is 1. The van der Waals surface area contributed by atoms with E-state index in [9.17, 15) is 18.5 Å². The quantitative estimate of drug-likeness (QED) is 0.470. The largest absolute Gasteiger partial charge is 0.273 e. The van der Waals surface area contributed by atoms with Crippen molar-refractivity contribution in [2.75, 3.05) is 5.88 Å². The van der Waals surface area contributed by atoms with Crippen LogP contribution in [0.25, 0.3) is 0 Å².